The Kier molecular flexibility index (Phi) is 4.06. The SMILES string of the molecule is COCCCN1C(=O)[C@H]2[C@@H](C1=O)[C@@]1(N[C@@H]2C)C(=O)Nc2c(Cl)cccc21. The predicted octanol–water partition coefficient (Wildman–Crippen LogP) is 1.12. The maximum atomic E-state index is 13.1. The molecule has 0 bridgehead atoms. The van der Waals surface area contributed by atoms with Crippen molar-refractivity contribution >= 4 is 35.0 Å². The number of hydrogen-bond donors (Lipinski definition) is 2. The molecule has 3 aliphatic rings. The van der Waals surface area contributed by atoms with E-state index in [1.54, 1.807) is 25.3 Å². The van der Waals surface area contributed by atoms with Crippen LogP contribution in [-0.2, 0) is 24.7 Å². The first kappa shape index (κ1) is 17.5. The molecule has 0 aromatic heterocycles. The summed E-state index contributed by atoms with van der Waals surface area (Å²) in [5, 5.41) is 6.46. The number of carbonyl (C=O) groups is 3. The van der Waals surface area contributed by atoms with Crippen molar-refractivity contribution in [3.05, 3.63) is 28.8 Å². The number of ether oxygens (including phenoxy) is 1. The van der Waals surface area contributed by atoms with Crippen LogP contribution in [0.2, 0.25) is 5.02 Å². The summed E-state index contributed by atoms with van der Waals surface area (Å²) in [6.45, 7) is 2.60. The fourth-order valence-corrected chi connectivity index (χ4v) is 4.82. The van der Waals surface area contributed by atoms with Crippen molar-refractivity contribution < 1.29 is 19.1 Å². The minimum Gasteiger partial charge on any atom is -0.385 e. The second-order valence-corrected chi connectivity index (χ2v) is 7.44. The van der Waals surface area contributed by atoms with Crippen LogP contribution in [0.1, 0.15) is 18.9 Å². The van der Waals surface area contributed by atoms with Gasteiger partial charge in [0.1, 0.15) is 5.54 Å². The Hall–Kier alpha value is -1.96. The molecule has 26 heavy (non-hydrogen) atoms. The van der Waals surface area contributed by atoms with Gasteiger partial charge in [0, 0.05) is 31.9 Å². The molecule has 8 heteroatoms. The molecule has 1 aromatic rings. The maximum absolute atomic E-state index is 13.1. The van der Waals surface area contributed by atoms with E-state index in [0.29, 0.717) is 35.8 Å². The van der Waals surface area contributed by atoms with Gasteiger partial charge in [-0.15, -0.1) is 0 Å². The van der Waals surface area contributed by atoms with Crippen LogP contribution in [0, 0.1) is 11.8 Å². The third kappa shape index (κ3) is 2.11. The highest BCUT2D eigenvalue weighted by Crippen LogP contribution is 2.53. The number of methoxy groups -OCH3 is 1. The van der Waals surface area contributed by atoms with Gasteiger partial charge in [0.2, 0.25) is 17.7 Å². The number of rotatable bonds is 4. The Morgan fingerprint density at radius 3 is 2.77 bits per heavy atom. The van der Waals surface area contributed by atoms with Crippen molar-refractivity contribution in [2.45, 2.75) is 24.9 Å². The molecule has 1 spiro atoms. The number of para-hydroxylation sites is 1. The van der Waals surface area contributed by atoms with Gasteiger partial charge in [-0.25, -0.2) is 0 Å². The van der Waals surface area contributed by atoms with Gasteiger partial charge in [-0.2, -0.15) is 0 Å². The normalized spacial score (nSPS) is 32.3. The zero-order chi connectivity index (χ0) is 18.6. The van der Waals surface area contributed by atoms with E-state index in [2.05, 4.69) is 10.6 Å². The van der Waals surface area contributed by atoms with Crippen molar-refractivity contribution in [2.24, 2.45) is 11.8 Å². The molecule has 2 N–H and O–H groups in total. The van der Waals surface area contributed by atoms with Crippen molar-refractivity contribution in [1.29, 1.82) is 0 Å². The first-order valence-electron chi connectivity index (χ1n) is 8.65. The van der Waals surface area contributed by atoms with E-state index < -0.39 is 17.4 Å². The van der Waals surface area contributed by atoms with Crippen molar-refractivity contribution in [3.8, 4) is 0 Å². The number of benzene rings is 1. The van der Waals surface area contributed by atoms with Gasteiger partial charge in [-0.05, 0) is 19.4 Å². The van der Waals surface area contributed by atoms with Crippen LogP contribution >= 0.6 is 11.6 Å². The summed E-state index contributed by atoms with van der Waals surface area (Å²) in [6.07, 6.45) is 0.566. The zero-order valence-electron chi connectivity index (χ0n) is 14.5. The largest absolute Gasteiger partial charge is 0.385 e. The molecule has 7 nitrogen and oxygen atoms in total. The first-order valence-corrected chi connectivity index (χ1v) is 9.03. The van der Waals surface area contributed by atoms with Gasteiger partial charge in [-0.1, -0.05) is 23.7 Å². The van der Waals surface area contributed by atoms with Crippen LogP contribution < -0.4 is 10.6 Å². The topological polar surface area (TPSA) is 87.7 Å². The lowest BCUT2D eigenvalue weighted by atomic mass is 9.76. The molecule has 4 rings (SSSR count). The van der Waals surface area contributed by atoms with Gasteiger partial charge in [0.05, 0.1) is 22.5 Å². The highest BCUT2D eigenvalue weighted by Gasteiger charge is 2.69. The number of likely N-dealkylation sites (tertiary alicyclic amines) is 1. The molecule has 138 valence electrons. The van der Waals surface area contributed by atoms with E-state index in [1.807, 2.05) is 6.92 Å². The van der Waals surface area contributed by atoms with Gasteiger partial charge in [0.25, 0.3) is 0 Å². The van der Waals surface area contributed by atoms with E-state index in [-0.39, 0.29) is 23.8 Å². The molecule has 3 heterocycles. The zero-order valence-corrected chi connectivity index (χ0v) is 15.3. The van der Waals surface area contributed by atoms with Crippen LogP contribution in [-0.4, -0.2) is 48.9 Å². The van der Waals surface area contributed by atoms with Crippen LogP contribution in [0.3, 0.4) is 0 Å². The van der Waals surface area contributed by atoms with Crippen molar-refractivity contribution in [2.75, 3.05) is 25.6 Å². The predicted molar refractivity (Wildman–Crippen MR) is 94.6 cm³/mol. The number of carbonyl (C=O) groups excluding carboxylic acids is 3. The Labute approximate surface area is 156 Å². The molecule has 0 radical (unpaired) electrons. The number of anilines is 1. The fourth-order valence-electron chi connectivity index (χ4n) is 4.60. The van der Waals surface area contributed by atoms with Crippen molar-refractivity contribution in [1.82, 2.24) is 10.2 Å². The average Bonchev–Trinajstić information content (AvgIpc) is 3.16. The molecule has 3 amide bonds. The van der Waals surface area contributed by atoms with Crippen LogP contribution in [0.25, 0.3) is 0 Å². The minimum atomic E-state index is -1.26. The molecule has 4 atom stereocenters. The Bertz CT molecular complexity index is 814. The van der Waals surface area contributed by atoms with Crippen LogP contribution in [0.15, 0.2) is 18.2 Å². The summed E-state index contributed by atoms with van der Waals surface area (Å²) in [7, 11) is 1.58. The monoisotopic (exact) mass is 377 g/mol. The molecule has 0 aliphatic carbocycles. The standard InChI is InChI=1S/C18H20ClN3O4/c1-9-12-13(16(24)22(15(12)23)7-4-8-26-2)18(21-9)10-5-3-6-11(19)14(10)20-17(18)25/h3,5-6,9,12-13,21H,4,7-8H2,1-2H3,(H,20,25)/t9-,12-,13+,18-/m1/s1. The number of imide groups is 1. The molecule has 1 aromatic carbocycles. The van der Waals surface area contributed by atoms with Crippen LogP contribution in [0.4, 0.5) is 5.69 Å². The van der Waals surface area contributed by atoms with Crippen LogP contribution in [0.5, 0.6) is 0 Å². The molecule has 2 saturated heterocycles. The summed E-state index contributed by atoms with van der Waals surface area (Å²) < 4.78 is 5.02. The number of halogens is 1. The van der Waals surface area contributed by atoms with E-state index >= 15 is 0 Å². The molecular weight excluding hydrogens is 358 g/mol. The molecule has 0 saturated carbocycles. The summed E-state index contributed by atoms with van der Waals surface area (Å²) in [5.41, 5.74) is -0.112. The first-order chi connectivity index (χ1) is 12.4. The lowest BCUT2D eigenvalue weighted by Gasteiger charge is -2.29. The van der Waals surface area contributed by atoms with Gasteiger partial charge >= 0.3 is 0 Å². The Morgan fingerprint density at radius 2 is 2.04 bits per heavy atom. The highest BCUT2D eigenvalue weighted by molar-refractivity contribution is 6.35. The summed E-state index contributed by atoms with van der Waals surface area (Å²) >= 11 is 6.24. The second kappa shape index (κ2) is 6.04. The highest BCUT2D eigenvalue weighted by atomic mass is 35.5. The third-order valence-electron chi connectivity index (χ3n) is 5.67. The number of fused-ring (bicyclic) bond motifs is 4. The summed E-state index contributed by atoms with van der Waals surface area (Å²) in [6, 6.07) is 4.92. The molecular formula is C18H20ClN3O4. The molecule has 3 aliphatic heterocycles. The average molecular weight is 378 g/mol. The number of nitrogens with one attached hydrogen (secondary N) is 2. The molecule has 2 fully saturated rings. The van der Waals surface area contributed by atoms with E-state index in [0.717, 1.165) is 0 Å². The number of amides is 3. The number of hydrogen-bond acceptors (Lipinski definition) is 5. The van der Waals surface area contributed by atoms with Gasteiger partial charge < -0.3 is 10.1 Å². The summed E-state index contributed by atoms with van der Waals surface area (Å²) in [5.74, 6) is -2.21. The third-order valence-corrected chi connectivity index (χ3v) is 5.98. The lowest BCUT2D eigenvalue weighted by molar-refractivity contribution is -0.143. The lowest BCUT2D eigenvalue weighted by Crippen LogP contribution is -2.53. The number of nitrogens with zero attached hydrogens (tertiary/aromatic N) is 1. The van der Waals surface area contributed by atoms with Gasteiger partial charge in [0.15, 0.2) is 0 Å². The maximum Gasteiger partial charge on any atom is 0.250 e. The second-order valence-electron chi connectivity index (χ2n) is 7.04. The van der Waals surface area contributed by atoms with Crippen molar-refractivity contribution in [3.63, 3.8) is 0 Å². The van der Waals surface area contributed by atoms with Gasteiger partial charge in [-0.3, -0.25) is 24.6 Å². The molecule has 0 unspecified atom stereocenters. The van der Waals surface area contributed by atoms with E-state index in [9.17, 15) is 14.4 Å². The Morgan fingerprint density at radius 1 is 1.27 bits per heavy atom. The summed E-state index contributed by atoms with van der Waals surface area (Å²) in [4.78, 5) is 40.3. The Balaban J connectivity index is 1.77. The fraction of sp³-hybridized carbons (Fsp3) is 0.500. The van der Waals surface area contributed by atoms with E-state index in [1.165, 1.54) is 4.90 Å². The quantitative estimate of drug-likeness (QED) is 0.606. The minimum absolute atomic E-state index is 0.226. The smallest absolute Gasteiger partial charge is 0.250 e. The van der Waals surface area contributed by atoms with E-state index in [4.69, 9.17) is 16.3 Å².